The Morgan fingerprint density at radius 1 is 1.44 bits per heavy atom. The topological polar surface area (TPSA) is 47.6 Å². The summed E-state index contributed by atoms with van der Waals surface area (Å²) < 4.78 is 10.1. The van der Waals surface area contributed by atoms with E-state index in [1.54, 1.807) is 13.2 Å². The van der Waals surface area contributed by atoms with Crippen LogP contribution < -0.4 is 10.1 Å². The smallest absolute Gasteiger partial charge is 0.407 e. The molecular weight excluding hydrogens is 230 g/mol. The fourth-order valence-electron chi connectivity index (χ4n) is 1.33. The molecule has 0 aromatic heterocycles. The molecule has 0 unspecified atom stereocenters. The van der Waals surface area contributed by atoms with Crippen LogP contribution in [0.25, 0.3) is 6.08 Å². The van der Waals surface area contributed by atoms with Crippen molar-refractivity contribution in [2.45, 2.75) is 13.3 Å². The first kappa shape index (κ1) is 14.1. The maximum Gasteiger partial charge on any atom is 0.407 e. The highest BCUT2D eigenvalue weighted by Gasteiger charge is 1.97. The number of methoxy groups -OCH3 is 1. The zero-order chi connectivity index (χ0) is 13.2. The van der Waals surface area contributed by atoms with Crippen LogP contribution in [0.1, 0.15) is 18.9 Å². The van der Waals surface area contributed by atoms with Crippen LogP contribution in [0.2, 0.25) is 0 Å². The molecule has 0 saturated heterocycles. The quantitative estimate of drug-likeness (QED) is 0.843. The van der Waals surface area contributed by atoms with Gasteiger partial charge in [0, 0.05) is 6.54 Å². The highest BCUT2D eigenvalue weighted by Crippen LogP contribution is 2.13. The predicted octanol–water partition coefficient (Wildman–Crippen LogP) is 2.84. The Balaban J connectivity index is 2.33. The van der Waals surface area contributed by atoms with Gasteiger partial charge in [0.25, 0.3) is 0 Å². The standard InChI is InChI=1S/C14H19NO3/c1-3-9-15-14(16)18-10-5-7-12-6-4-8-13(11-12)17-2/h4-8,11H,3,9-10H2,1-2H3,(H,15,16)/b7-5+. The minimum atomic E-state index is -0.382. The minimum Gasteiger partial charge on any atom is -0.497 e. The molecule has 0 fully saturated rings. The summed E-state index contributed by atoms with van der Waals surface area (Å²) in [5.41, 5.74) is 1.01. The van der Waals surface area contributed by atoms with Gasteiger partial charge in [0.2, 0.25) is 0 Å². The first-order chi connectivity index (χ1) is 8.76. The SMILES string of the molecule is CCCNC(=O)OC/C=C/c1cccc(OC)c1. The van der Waals surface area contributed by atoms with Gasteiger partial charge in [-0.1, -0.05) is 25.1 Å². The molecule has 1 amide bonds. The first-order valence-corrected chi connectivity index (χ1v) is 5.97. The van der Waals surface area contributed by atoms with Gasteiger partial charge in [-0.2, -0.15) is 0 Å². The van der Waals surface area contributed by atoms with Crippen molar-refractivity contribution in [2.24, 2.45) is 0 Å². The van der Waals surface area contributed by atoms with Gasteiger partial charge in [-0.25, -0.2) is 4.79 Å². The van der Waals surface area contributed by atoms with Crippen molar-refractivity contribution in [1.82, 2.24) is 5.32 Å². The van der Waals surface area contributed by atoms with Crippen LogP contribution in [-0.4, -0.2) is 26.4 Å². The number of amides is 1. The van der Waals surface area contributed by atoms with Gasteiger partial charge >= 0.3 is 6.09 Å². The van der Waals surface area contributed by atoms with Crippen molar-refractivity contribution in [1.29, 1.82) is 0 Å². The summed E-state index contributed by atoms with van der Waals surface area (Å²) >= 11 is 0. The fraction of sp³-hybridized carbons (Fsp3) is 0.357. The third-order valence-electron chi connectivity index (χ3n) is 2.23. The van der Waals surface area contributed by atoms with Crippen molar-refractivity contribution < 1.29 is 14.3 Å². The number of nitrogens with one attached hydrogen (secondary N) is 1. The Hall–Kier alpha value is -1.97. The predicted molar refractivity (Wildman–Crippen MR) is 71.7 cm³/mol. The van der Waals surface area contributed by atoms with E-state index in [1.165, 1.54) is 0 Å². The summed E-state index contributed by atoms with van der Waals surface area (Å²) in [4.78, 5) is 11.1. The van der Waals surface area contributed by atoms with Gasteiger partial charge in [0.15, 0.2) is 0 Å². The Morgan fingerprint density at radius 2 is 2.28 bits per heavy atom. The molecule has 1 aromatic rings. The zero-order valence-electron chi connectivity index (χ0n) is 10.8. The van der Waals surface area contributed by atoms with E-state index >= 15 is 0 Å². The molecule has 1 N–H and O–H groups in total. The van der Waals surface area contributed by atoms with Crippen molar-refractivity contribution >= 4 is 12.2 Å². The number of hydrogen-bond donors (Lipinski definition) is 1. The van der Waals surface area contributed by atoms with E-state index in [-0.39, 0.29) is 12.7 Å². The fourth-order valence-corrected chi connectivity index (χ4v) is 1.33. The lowest BCUT2D eigenvalue weighted by molar-refractivity contribution is 0.158. The molecule has 4 heteroatoms. The molecular formula is C14H19NO3. The van der Waals surface area contributed by atoms with E-state index in [0.717, 1.165) is 17.7 Å². The van der Waals surface area contributed by atoms with Crippen molar-refractivity contribution in [3.05, 3.63) is 35.9 Å². The van der Waals surface area contributed by atoms with E-state index in [0.29, 0.717) is 6.54 Å². The number of alkyl carbamates (subject to hydrolysis) is 1. The van der Waals surface area contributed by atoms with Crippen LogP contribution in [0.15, 0.2) is 30.3 Å². The van der Waals surface area contributed by atoms with Gasteiger partial charge < -0.3 is 14.8 Å². The Labute approximate surface area is 108 Å². The molecule has 0 radical (unpaired) electrons. The second-order valence-electron chi connectivity index (χ2n) is 3.70. The molecule has 0 bridgehead atoms. The van der Waals surface area contributed by atoms with Crippen LogP contribution in [0, 0.1) is 0 Å². The van der Waals surface area contributed by atoms with E-state index < -0.39 is 0 Å². The second-order valence-corrected chi connectivity index (χ2v) is 3.70. The van der Waals surface area contributed by atoms with E-state index in [2.05, 4.69) is 5.32 Å². The van der Waals surface area contributed by atoms with E-state index in [4.69, 9.17) is 9.47 Å². The molecule has 1 rings (SSSR count). The number of ether oxygens (including phenoxy) is 2. The van der Waals surface area contributed by atoms with Gasteiger partial charge in [-0.15, -0.1) is 0 Å². The molecule has 4 nitrogen and oxygen atoms in total. The summed E-state index contributed by atoms with van der Waals surface area (Å²) in [5, 5.41) is 2.63. The number of carbonyl (C=O) groups excluding carboxylic acids is 1. The molecule has 0 spiro atoms. The average Bonchev–Trinajstić information content (AvgIpc) is 2.41. The van der Waals surface area contributed by atoms with Crippen molar-refractivity contribution in [3.8, 4) is 5.75 Å². The van der Waals surface area contributed by atoms with Crippen molar-refractivity contribution in [2.75, 3.05) is 20.3 Å². The maximum absolute atomic E-state index is 11.1. The third-order valence-corrected chi connectivity index (χ3v) is 2.23. The minimum absolute atomic E-state index is 0.257. The summed E-state index contributed by atoms with van der Waals surface area (Å²) in [6.45, 7) is 2.88. The molecule has 18 heavy (non-hydrogen) atoms. The number of benzene rings is 1. The van der Waals surface area contributed by atoms with Gasteiger partial charge in [-0.3, -0.25) is 0 Å². The number of rotatable bonds is 6. The molecule has 0 atom stereocenters. The zero-order valence-corrected chi connectivity index (χ0v) is 10.8. The van der Waals surface area contributed by atoms with Crippen LogP contribution >= 0.6 is 0 Å². The first-order valence-electron chi connectivity index (χ1n) is 5.97. The third kappa shape index (κ3) is 5.39. The highest BCUT2D eigenvalue weighted by molar-refractivity contribution is 5.67. The molecule has 0 heterocycles. The summed E-state index contributed by atoms with van der Waals surface area (Å²) in [5.74, 6) is 0.804. The average molecular weight is 249 g/mol. The maximum atomic E-state index is 11.1. The molecule has 0 aliphatic heterocycles. The van der Waals surface area contributed by atoms with E-state index in [9.17, 15) is 4.79 Å². The number of carbonyl (C=O) groups is 1. The van der Waals surface area contributed by atoms with Crippen molar-refractivity contribution in [3.63, 3.8) is 0 Å². The monoisotopic (exact) mass is 249 g/mol. The molecule has 0 aliphatic carbocycles. The summed E-state index contributed by atoms with van der Waals surface area (Å²) in [6.07, 6.45) is 4.19. The van der Waals surface area contributed by atoms with Crippen LogP contribution in [0.3, 0.4) is 0 Å². The van der Waals surface area contributed by atoms with Gasteiger partial charge in [0.1, 0.15) is 12.4 Å². The second kappa shape index (κ2) is 8.17. The highest BCUT2D eigenvalue weighted by atomic mass is 16.5. The largest absolute Gasteiger partial charge is 0.497 e. The van der Waals surface area contributed by atoms with Gasteiger partial charge in [-0.05, 0) is 30.2 Å². The van der Waals surface area contributed by atoms with Gasteiger partial charge in [0.05, 0.1) is 7.11 Å². The molecule has 1 aromatic carbocycles. The Bertz CT molecular complexity index is 402. The van der Waals surface area contributed by atoms with E-state index in [1.807, 2.05) is 37.3 Å². The molecule has 0 aliphatic rings. The Kier molecular flexibility index (Phi) is 6.40. The number of hydrogen-bond acceptors (Lipinski definition) is 3. The summed E-state index contributed by atoms with van der Waals surface area (Å²) in [7, 11) is 1.63. The Morgan fingerprint density at radius 3 is 3.00 bits per heavy atom. The normalized spacial score (nSPS) is 10.3. The lowest BCUT2D eigenvalue weighted by Crippen LogP contribution is -2.24. The summed E-state index contributed by atoms with van der Waals surface area (Å²) in [6, 6.07) is 7.66. The van der Waals surface area contributed by atoms with Crippen LogP contribution in [0.4, 0.5) is 4.79 Å². The molecule has 0 saturated carbocycles. The van der Waals surface area contributed by atoms with Crippen LogP contribution in [-0.2, 0) is 4.74 Å². The lowest BCUT2D eigenvalue weighted by atomic mass is 10.2. The van der Waals surface area contributed by atoms with Crippen LogP contribution in [0.5, 0.6) is 5.75 Å². The molecule has 98 valence electrons. The lowest BCUT2D eigenvalue weighted by Gasteiger charge is -2.03.